The van der Waals surface area contributed by atoms with Crippen molar-refractivity contribution in [3.63, 3.8) is 0 Å². The van der Waals surface area contributed by atoms with Crippen LogP contribution in [0.5, 0.6) is 0 Å². The maximum absolute atomic E-state index is 13.1. The lowest BCUT2D eigenvalue weighted by Crippen LogP contribution is -2.28. The van der Waals surface area contributed by atoms with E-state index in [1.165, 1.54) is 42.3 Å². The van der Waals surface area contributed by atoms with Crippen molar-refractivity contribution in [3.8, 4) is 0 Å². The molecule has 4 rings (SSSR count). The number of nitrogens with zero attached hydrogens (tertiary/aromatic N) is 5. The van der Waals surface area contributed by atoms with E-state index in [9.17, 15) is 9.18 Å². The summed E-state index contributed by atoms with van der Waals surface area (Å²) in [7, 11) is 1.76. The minimum atomic E-state index is -0.277. The molecule has 1 fully saturated rings. The average molecular weight is 454 g/mol. The number of hydrogen-bond acceptors (Lipinski definition) is 5. The van der Waals surface area contributed by atoms with Gasteiger partial charge in [-0.2, -0.15) is 0 Å². The minimum Gasteiger partial charge on any atom is -0.341 e. The van der Waals surface area contributed by atoms with Crippen molar-refractivity contribution >= 4 is 17.7 Å². The van der Waals surface area contributed by atoms with E-state index < -0.39 is 0 Å². The molecule has 0 spiro atoms. The number of hydrogen-bond donors (Lipinski definition) is 0. The topological polar surface area (TPSA) is 54.3 Å². The second kappa shape index (κ2) is 10.7. The van der Waals surface area contributed by atoms with Crippen molar-refractivity contribution in [1.82, 2.24) is 24.6 Å². The first-order valence-corrected chi connectivity index (χ1v) is 11.9. The van der Waals surface area contributed by atoms with E-state index in [-0.39, 0.29) is 17.5 Å². The molecular formula is C24H28FN5OS. The van der Waals surface area contributed by atoms with Crippen LogP contribution in [0.4, 0.5) is 4.39 Å². The molecule has 3 aromatic rings. The van der Waals surface area contributed by atoms with Crippen molar-refractivity contribution in [2.75, 3.05) is 25.9 Å². The third-order valence-electron chi connectivity index (χ3n) is 5.62. The van der Waals surface area contributed by atoms with Crippen molar-refractivity contribution in [2.24, 2.45) is 0 Å². The number of likely N-dealkylation sites (tertiary alicyclic amines) is 1. The van der Waals surface area contributed by atoms with Crippen LogP contribution in [0.2, 0.25) is 0 Å². The van der Waals surface area contributed by atoms with Gasteiger partial charge in [0.15, 0.2) is 5.16 Å². The van der Waals surface area contributed by atoms with Crippen LogP contribution in [0.1, 0.15) is 29.8 Å². The molecule has 0 radical (unpaired) electrons. The maximum Gasteiger partial charge on any atom is 0.233 e. The Morgan fingerprint density at radius 1 is 1.00 bits per heavy atom. The van der Waals surface area contributed by atoms with E-state index in [1.54, 1.807) is 24.1 Å². The van der Waals surface area contributed by atoms with Gasteiger partial charge in [-0.05, 0) is 49.2 Å². The van der Waals surface area contributed by atoms with Crippen molar-refractivity contribution in [2.45, 2.75) is 37.6 Å². The molecule has 32 heavy (non-hydrogen) atoms. The molecule has 1 aromatic heterocycles. The average Bonchev–Trinajstić information content (AvgIpc) is 3.45. The summed E-state index contributed by atoms with van der Waals surface area (Å²) < 4.78 is 15.2. The van der Waals surface area contributed by atoms with Gasteiger partial charge in [0, 0.05) is 13.6 Å². The second-order valence-corrected chi connectivity index (χ2v) is 9.06. The third kappa shape index (κ3) is 5.95. The van der Waals surface area contributed by atoms with Gasteiger partial charge in [-0.15, -0.1) is 10.2 Å². The van der Waals surface area contributed by atoms with Gasteiger partial charge in [-0.25, -0.2) is 4.39 Å². The van der Waals surface area contributed by atoms with E-state index in [1.807, 2.05) is 18.2 Å². The largest absolute Gasteiger partial charge is 0.341 e. The summed E-state index contributed by atoms with van der Waals surface area (Å²) in [5, 5.41) is 9.64. The first kappa shape index (κ1) is 22.5. The quantitative estimate of drug-likeness (QED) is 0.461. The number of thioether (sulfide) groups is 1. The summed E-state index contributed by atoms with van der Waals surface area (Å²) in [6.45, 7) is 4.08. The molecule has 0 saturated carbocycles. The minimum absolute atomic E-state index is 0.00493. The Labute approximate surface area is 192 Å². The smallest absolute Gasteiger partial charge is 0.233 e. The van der Waals surface area contributed by atoms with Crippen LogP contribution < -0.4 is 0 Å². The first-order valence-electron chi connectivity index (χ1n) is 10.9. The first-order chi connectivity index (χ1) is 15.6. The number of halogens is 1. The lowest BCUT2D eigenvalue weighted by atomic mass is 10.2. The van der Waals surface area contributed by atoms with Crippen molar-refractivity contribution in [1.29, 1.82) is 0 Å². The molecule has 1 aliphatic heterocycles. The van der Waals surface area contributed by atoms with Gasteiger partial charge in [0.2, 0.25) is 5.91 Å². The molecule has 0 aliphatic carbocycles. The number of carbonyl (C=O) groups excluding carboxylic acids is 1. The van der Waals surface area contributed by atoms with E-state index >= 15 is 0 Å². The fourth-order valence-corrected chi connectivity index (χ4v) is 4.69. The highest BCUT2D eigenvalue weighted by Crippen LogP contribution is 2.21. The molecule has 8 heteroatoms. The molecule has 2 aromatic carbocycles. The van der Waals surface area contributed by atoms with Crippen molar-refractivity contribution < 1.29 is 9.18 Å². The highest BCUT2D eigenvalue weighted by Gasteiger charge is 2.20. The van der Waals surface area contributed by atoms with E-state index in [0.717, 1.165) is 36.2 Å². The molecular weight excluding hydrogens is 425 g/mol. The van der Waals surface area contributed by atoms with E-state index in [0.29, 0.717) is 13.1 Å². The fourth-order valence-electron chi connectivity index (χ4n) is 3.80. The third-order valence-corrected chi connectivity index (χ3v) is 6.58. The molecule has 6 nitrogen and oxygen atoms in total. The zero-order valence-electron chi connectivity index (χ0n) is 18.3. The highest BCUT2D eigenvalue weighted by atomic mass is 32.2. The SMILES string of the molecule is CN(Cc1ccc(F)cc1)C(=O)CSc1nnc(CN2CCCC2)n1Cc1ccccc1. The molecule has 1 amide bonds. The van der Waals surface area contributed by atoms with Gasteiger partial charge in [0.1, 0.15) is 11.6 Å². The summed E-state index contributed by atoms with van der Waals surface area (Å²) in [5.74, 6) is 0.926. The second-order valence-electron chi connectivity index (χ2n) is 8.12. The number of benzene rings is 2. The lowest BCUT2D eigenvalue weighted by Gasteiger charge is -2.18. The molecule has 2 heterocycles. The van der Waals surface area contributed by atoms with Gasteiger partial charge < -0.3 is 9.47 Å². The van der Waals surface area contributed by atoms with Crippen LogP contribution in [0.25, 0.3) is 0 Å². The molecule has 168 valence electrons. The number of aromatic nitrogens is 3. The molecule has 1 saturated heterocycles. The zero-order chi connectivity index (χ0) is 22.3. The Hall–Kier alpha value is -2.71. The van der Waals surface area contributed by atoms with Crippen LogP contribution in [0, 0.1) is 5.82 Å². The van der Waals surface area contributed by atoms with Gasteiger partial charge in [-0.3, -0.25) is 9.69 Å². The Morgan fingerprint density at radius 3 is 2.44 bits per heavy atom. The predicted molar refractivity (Wildman–Crippen MR) is 124 cm³/mol. The van der Waals surface area contributed by atoms with E-state index in [4.69, 9.17) is 0 Å². The Kier molecular flexibility index (Phi) is 7.55. The molecule has 1 aliphatic rings. The van der Waals surface area contributed by atoms with Crippen LogP contribution in [-0.4, -0.2) is 56.4 Å². The summed E-state index contributed by atoms with van der Waals surface area (Å²) in [6.07, 6.45) is 2.45. The van der Waals surface area contributed by atoms with Crippen molar-refractivity contribution in [3.05, 3.63) is 77.4 Å². The van der Waals surface area contributed by atoms with Crippen LogP contribution in [0.15, 0.2) is 59.8 Å². The number of amides is 1. The summed E-state index contributed by atoms with van der Waals surface area (Å²) >= 11 is 1.41. The monoisotopic (exact) mass is 453 g/mol. The molecule has 0 N–H and O–H groups in total. The Morgan fingerprint density at radius 2 is 1.72 bits per heavy atom. The number of carbonyl (C=O) groups is 1. The van der Waals surface area contributed by atoms with Gasteiger partial charge in [-0.1, -0.05) is 54.2 Å². The summed E-state index contributed by atoms with van der Waals surface area (Å²) in [5.41, 5.74) is 2.07. The van der Waals surface area contributed by atoms with Crippen LogP contribution in [-0.2, 0) is 24.4 Å². The molecule has 0 unspecified atom stereocenters. The van der Waals surface area contributed by atoms with Crippen LogP contribution >= 0.6 is 11.8 Å². The lowest BCUT2D eigenvalue weighted by molar-refractivity contribution is -0.127. The van der Waals surface area contributed by atoms with Gasteiger partial charge >= 0.3 is 0 Å². The zero-order valence-corrected chi connectivity index (χ0v) is 19.1. The molecule has 0 atom stereocenters. The van der Waals surface area contributed by atoms with Gasteiger partial charge in [0.05, 0.1) is 18.8 Å². The van der Waals surface area contributed by atoms with Crippen LogP contribution in [0.3, 0.4) is 0 Å². The fraction of sp³-hybridized carbons (Fsp3) is 0.375. The normalized spacial score (nSPS) is 14.1. The standard InChI is InChI=1S/C24H28FN5OS/c1-28(15-20-9-11-21(25)12-10-20)23(31)18-32-24-27-26-22(17-29-13-5-6-14-29)30(24)16-19-7-3-2-4-8-19/h2-4,7-12H,5-6,13-18H2,1H3. The summed E-state index contributed by atoms with van der Waals surface area (Å²) in [6, 6.07) is 16.5. The Bertz CT molecular complexity index is 1020. The maximum atomic E-state index is 13.1. The summed E-state index contributed by atoms with van der Waals surface area (Å²) in [4.78, 5) is 16.8. The van der Waals surface area contributed by atoms with E-state index in [2.05, 4.69) is 31.8 Å². The predicted octanol–water partition coefficient (Wildman–Crippen LogP) is 3.81. The Balaban J connectivity index is 1.42. The number of rotatable bonds is 9. The molecule has 0 bridgehead atoms. The van der Waals surface area contributed by atoms with Gasteiger partial charge in [0.25, 0.3) is 0 Å². The highest BCUT2D eigenvalue weighted by molar-refractivity contribution is 7.99.